The lowest BCUT2D eigenvalue weighted by molar-refractivity contribution is 0.0947. The molecule has 134 valence electrons. The molecule has 2 aromatic carbocycles. The maximum Gasteiger partial charge on any atom is 0.281 e. The molecule has 5 nitrogen and oxygen atoms in total. The van der Waals surface area contributed by atoms with Crippen LogP contribution in [0.1, 0.15) is 15.9 Å². The van der Waals surface area contributed by atoms with Gasteiger partial charge in [-0.25, -0.2) is 4.39 Å². The minimum Gasteiger partial charge on any atom is -0.350 e. The van der Waals surface area contributed by atoms with E-state index in [2.05, 4.69) is 15.4 Å². The third-order valence-corrected chi connectivity index (χ3v) is 4.82. The topological polar surface area (TPSA) is 59.8 Å². The number of benzene rings is 2. The molecule has 0 radical (unpaired) electrons. The molecule has 0 saturated heterocycles. The summed E-state index contributed by atoms with van der Waals surface area (Å²) in [5.74, 6) is 0.103. The summed E-state index contributed by atoms with van der Waals surface area (Å²) in [7, 11) is 0. The Morgan fingerprint density at radius 3 is 2.56 bits per heavy atom. The Kier molecular flexibility index (Phi) is 4.76. The minimum atomic E-state index is -0.316. The number of hydrogen-bond donors (Lipinski definition) is 1. The zero-order valence-corrected chi connectivity index (χ0v) is 15.0. The zero-order valence-electron chi connectivity index (χ0n) is 14.2. The van der Waals surface area contributed by atoms with Crippen LogP contribution in [0.15, 0.2) is 72.1 Å². The number of carbonyl (C=O) groups excluding carboxylic acids is 1. The first-order valence-electron chi connectivity index (χ1n) is 8.30. The molecule has 0 amide bonds. The third-order valence-electron chi connectivity index (χ3n) is 3.96. The summed E-state index contributed by atoms with van der Waals surface area (Å²) in [5, 5.41) is 9.33. The van der Waals surface area contributed by atoms with E-state index in [1.165, 1.54) is 22.1 Å². The van der Waals surface area contributed by atoms with Crippen LogP contribution in [-0.4, -0.2) is 20.7 Å². The summed E-state index contributed by atoms with van der Waals surface area (Å²) < 4.78 is 15.1. The number of hydrogen-bond acceptors (Lipinski definition) is 5. The van der Waals surface area contributed by atoms with E-state index >= 15 is 0 Å². The van der Waals surface area contributed by atoms with Gasteiger partial charge >= 0.3 is 0 Å². The van der Waals surface area contributed by atoms with Crippen LogP contribution >= 0.6 is 11.3 Å². The smallest absolute Gasteiger partial charge is 0.281 e. The Balaban J connectivity index is 1.68. The highest BCUT2D eigenvalue weighted by atomic mass is 32.1. The van der Waals surface area contributed by atoms with E-state index in [9.17, 15) is 9.18 Å². The standard InChI is InChI=1S/C20H15FN4OS/c21-16-10-5-4-9-15(16)13-22-20-23-18(17-11-6-12-27-17)24-25(20)19(26)14-7-2-1-3-8-14/h1-12H,13H2,(H,22,23,24). The van der Waals surface area contributed by atoms with Crippen molar-refractivity contribution in [1.82, 2.24) is 14.8 Å². The van der Waals surface area contributed by atoms with Gasteiger partial charge in [-0.2, -0.15) is 9.67 Å². The van der Waals surface area contributed by atoms with Gasteiger partial charge in [-0.05, 0) is 29.6 Å². The van der Waals surface area contributed by atoms with E-state index in [0.717, 1.165) is 4.88 Å². The molecule has 0 aliphatic rings. The molecule has 0 atom stereocenters. The molecule has 0 fully saturated rings. The number of carbonyl (C=O) groups is 1. The number of nitrogens with zero attached hydrogens (tertiary/aromatic N) is 3. The van der Waals surface area contributed by atoms with Gasteiger partial charge in [0.15, 0.2) is 5.82 Å². The highest BCUT2D eigenvalue weighted by Crippen LogP contribution is 2.24. The van der Waals surface area contributed by atoms with Gasteiger partial charge in [0, 0.05) is 17.7 Å². The monoisotopic (exact) mass is 378 g/mol. The van der Waals surface area contributed by atoms with Crippen molar-refractivity contribution in [3.05, 3.63) is 89.1 Å². The number of nitrogens with one attached hydrogen (secondary N) is 1. The van der Waals surface area contributed by atoms with Crippen LogP contribution in [0.3, 0.4) is 0 Å². The molecule has 4 aromatic rings. The lowest BCUT2D eigenvalue weighted by atomic mass is 10.2. The Labute approximate surface area is 159 Å². The molecule has 2 aromatic heterocycles. The van der Waals surface area contributed by atoms with Crippen LogP contribution in [-0.2, 0) is 6.54 Å². The van der Waals surface area contributed by atoms with Gasteiger partial charge in [0.05, 0.1) is 4.88 Å². The van der Waals surface area contributed by atoms with Gasteiger partial charge in [-0.1, -0.05) is 42.5 Å². The van der Waals surface area contributed by atoms with Gasteiger partial charge in [-0.15, -0.1) is 16.4 Å². The summed E-state index contributed by atoms with van der Waals surface area (Å²) in [6.07, 6.45) is 0. The van der Waals surface area contributed by atoms with Crippen LogP contribution in [0.4, 0.5) is 10.3 Å². The fraction of sp³-hybridized carbons (Fsp3) is 0.0500. The molecule has 2 heterocycles. The first-order chi connectivity index (χ1) is 13.2. The highest BCUT2D eigenvalue weighted by molar-refractivity contribution is 7.13. The molecule has 7 heteroatoms. The molecule has 1 N–H and O–H groups in total. The van der Waals surface area contributed by atoms with Crippen molar-refractivity contribution in [3.63, 3.8) is 0 Å². The van der Waals surface area contributed by atoms with Crippen molar-refractivity contribution >= 4 is 23.2 Å². The molecular weight excluding hydrogens is 363 g/mol. The molecule has 0 bridgehead atoms. The lowest BCUT2D eigenvalue weighted by Gasteiger charge is -2.08. The quantitative estimate of drug-likeness (QED) is 0.558. The normalized spacial score (nSPS) is 10.7. The SMILES string of the molecule is O=C(c1ccccc1)n1nc(-c2cccs2)nc1NCc1ccccc1F. The van der Waals surface area contributed by atoms with Crippen molar-refractivity contribution in [1.29, 1.82) is 0 Å². The van der Waals surface area contributed by atoms with Crippen LogP contribution in [0.5, 0.6) is 0 Å². The van der Waals surface area contributed by atoms with E-state index in [0.29, 0.717) is 17.0 Å². The second-order valence-corrected chi connectivity index (χ2v) is 6.71. The Morgan fingerprint density at radius 2 is 1.81 bits per heavy atom. The summed E-state index contributed by atoms with van der Waals surface area (Å²) >= 11 is 1.49. The van der Waals surface area contributed by atoms with E-state index in [-0.39, 0.29) is 24.2 Å². The van der Waals surface area contributed by atoms with Crippen molar-refractivity contribution in [2.45, 2.75) is 6.54 Å². The van der Waals surface area contributed by atoms with Crippen LogP contribution in [0.25, 0.3) is 10.7 Å². The second-order valence-electron chi connectivity index (χ2n) is 5.76. The molecular formula is C20H15FN4OS. The molecule has 0 saturated carbocycles. The van der Waals surface area contributed by atoms with Crippen LogP contribution < -0.4 is 5.32 Å². The molecule has 0 aliphatic carbocycles. The fourth-order valence-electron chi connectivity index (χ4n) is 2.60. The van der Waals surface area contributed by atoms with Crippen LogP contribution in [0.2, 0.25) is 0 Å². The van der Waals surface area contributed by atoms with Gasteiger partial charge < -0.3 is 5.32 Å². The van der Waals surface area contributed by atoms with Crippen molar-refractivity contribution in [2.75, 3.05) is 5.32 Å². The molecule has 0 unspecified atom stereocenters. The molecule has 4 rings (SSSR count). The maximum atomic E-state index is 13.9. The largest absolute Gasteiger partial charge is 0.350 e. The van der Waals surface area contributed by atoms with E-state index in [4.69, 9.17) is 0 Å². The predicted octanol–water partition coefficient (Wildman–Crippen LogP) is 4.45. The first kappa shape index (κ1) is 17.1. The van der Waals surface area contributed by atoms with E-state index < -0.39 is 0 Å². The van der Waals surface area contributed by atoms with Gasteiger partial charge in [-0.3, -0.25) is 4.79 Å². The summed E-state index contributed by atoms with van der Waals surface area (Å²) in [6, 6.07) is 19.1. The van der Waals surface area contributed by atoms with E-state index in [1.54, 1.807) is 42.5 Å². The molecule has 27 heavy (non-hydrogen) atoms. The second kappa shape index (κ2) is 7.51. The lowest BCUT2D eigenvalue weighted by Crippen LogP contribution is -2.17. The minimum absolute atomic E-state index is 0.192. The summed E-state index contributed by atoms with van der Waals surface area (Å²) in [6.45, 7) is 0.192. The maximum absolute atomic E-state index is 13.9. The highest BCUT2D eigenvalue weighted by Gasteiger charge is 2.19. The molecule has 0 aliphatic heterocycles. The average Bonchev–Trinajstić information content (AvgIpc) is 3.37. The average molecular weight is 378 g/mol. The number of aromatic nitrogens is 3. The Morgan fingerprint density at radius 1 is 1.04 bits per heavy atom. The fourth-order valence-corrected chi connectivity index (χ4v) is 3.25. The van der Waals surface area contributed by atoms with Crippen molar-refractivity contribution < 1.29 is 9.18 Å². The van der Waals surface area contributed by atoms with E-state index in [1.807, 2.05) is 23.6 Å². The summed E-state index contributed by atoms with van der Waals surface area (Å²) in [4.78, 5) is 18.2. The number of thiophene rings is 1. The van der Waals surface area contributed by atoms with Crippen molar-refractivity contribution in [3.8, 4) is 10.7 Å². The third kappa shape index (κ3) is 3.63. The molecule has 0 spiro atoms. The van der Waals surface area contributed by atoms with Crippen molar-refractivity contribution in [2.24, 2.45) is 0 Å². The summed E-state index contributed by atoms with van der Waals surface area (Å²) in [5.41, 5.74) is 0.978. The first-order valence-corrected chi connectivity index (χ1v) is 9.18. The zero-order chi connectivity index (χ0) is 18.6. The number of anilines is 1. The number of rotatable bonds is 5. The van der Waals surface area contributed by atoms with Crippen LogP contribution in [0, 0.1) is 5.82 Å². The van der Waals surface area contributed by atoms with Gasteiger partial charge in [0.1, 0.15) is 5.82 Å². The van der Waals surface area contributed by atoms with Gasteiger partial charge in [0.25, 0.3) is 5.91 Å². The predicted molar refractivity (Wildman–Crippen MR) is 103 cm³/mol. The Bertz CT molecular complexity index is 1060. The van der Waals surface area contributed by atoms with Gasteiger partial charge in [0.2, 0.25) is 5.95 Å². The number of halogens is 1. The Hall–Kier alpha value is -3.32.